The van der Waals surface area contributed by atoms with Gasteiger partial charge in [0, 0.05) is 6.54 Å². The molecule has 0 radical (unpaired) electrons. The fourth-order valence-corrected chi connectivity index (χ4v) is 1.09. The van der Waals surface area contributed by atoms with E-state index in [9.17, 15) is 0 Å². The van der Waals surface area contributed by atoms with Crippen LogP contribution in [0, 0.1) is 0 Å². The molecule has 0 saturated carbocycles. The number of halogens is 1. The summed E-state index contributed by atoms with van der Waals surface area (Å²) in [5.74, 6) is 0.951. The maximum Gasteiger partial charge on any atom is 0.119 e. The van der Waals surface area contributed by atoms with E-state index in [1.54, 1.807) is 0 Å². The van der Waals surface area contributed by atoms with Crippen molar-refractivity contribution >= 4 is 12.4 Å². The Morgan fingerprint density at radius 1 is 1.21 bits per heavy atom. The molecule has 1 aromatic rings. The molecule has 0 amide bonds. The van der Waals surface area contributed by atoms with Crippen LogP contribution in [0.25, 0.3) is 0 Å². The number of hydrogen-bond donors (Lipinski definition) is 1. The second kappa shape index (κ2) is 7.65. The number of aryl methyl sites for hydroxylation is 1. The largest absolute Gasteiger partial charge is 0.492 e. The first-order chi connectivity index (χ1) is 6.36. The van der Waals surface area contributed by atoms with Crippen molar-refractivity contribution in [1.82, 2.24) is 5.32 Å². The zero-order valence-electron chi connectivity index (χ0n) is 8.75. The third-order valence-electron chi connectivity index (χ3n) is 1.95. The average Bonchev–Trinajstić information content (AvgIpc) is 2.19. The van der Waals surface area contributed by atoms with E-state index in [4.69, 9.17) is 4.74 Å². The first kappa shape index (κ1) is 13.3. The van der Waals surface area contributed by atoms with Crippen LogP contribution in [0.5, 0.6) is 5.75 Å². The minimum absolute atomic E-state index is 0. The maximum atomic E-state index is 5.48. The predicted molar refractivity (Wildman–Crippen MR) is 62.5 cm³/mol. The van der Waals surface area contributed by atoms with Crippen LogP contribution in [-0.4, -0.2) is 20.2 Å². The van der Waals surface area contributed by atoms with Gasteiger partial charge in [-0.2, -0.15) is 0 Å². The standard InChI is InChI=1S/C11H17NO.ClH/c1-3-10-4-6-11(7-5-10)13-9-8-12-2;/h4-7,12H,3,8-9H2,1-2H3;1H. The lowest BCUT2D eigenvalue weighted by atomic mass is 10.2. The Labute approximate surface area is 92.1 Å². The van der Waals surface area contributed by atoms with Gasteiger partial charge < -0.3 is 10.1 Å². The van der Waals surface area contributed by atoms with Crippen molar-refractivity contribution in [2.75, 3.05) is 20.2 Å². The van der Waals surface area contributed by atoms with Crippen molar-refractivity contribution in [2.45, 2.75) is 13.3 Å². The summed E-state index contributed by atoms with van der Waals surface area (Å²) in [6.45, 7) is 3.76. The topological polar surface area (TPSA) is 21.3 Å². The van der Waals surface area contributed by atoms with Gasteiger partial charge in [0.15, 0.2) is 0 Å². The van der Waals surface area contributed by atoms with E-state index in [1.807, 2.05) is 19.2 Å². The lowest BCUT2D eigenvalue weighted by Crippen LogP contribution is -2.15. The molecule has 0 aliphatic rings. The van der Waals surface area contributed by atoms with Gasteiger partial charge in [-0.3, -0.25) is 0 Å². The Hall–Kier alpha value is -0.730. The van der Waals surface area contributed by atoms with Gasteiger partial charge in [0.1, 0.15) is 12.4 Å². The molecule has 14 heavy (non-hydrogen) atoms. The SMILES string of the molecule is CCc1ccc(OCCNC)cc1.Cl. The van der Waals surface area contributed by atoms with E-state index in [1.165, 1.54) is 5.56 Å². The van der Waals surface area contributed by atoms with E-state index in [-0.39, 0.29) is 12.4 Å². The molecule has 2 nitrogen and oxygen atoms in total. The van der Waals surface area contributed by atoms with Crippen LogP contribution in [0.15, 0.2) is 24.3 Å². The Bertz CT molecular complexity index is 236. The van der Waals surface area contributed by atoms with E-state index in [0.29, 0.717) is 0 Å². The fraction of sp³-hybridized carbons (Fsp3) is 0.455. The first-order valence-electron chi connectivity index (χ1n) is 4.73. The third kappa shape index (κ3) is 4.49. The van der Waals surface area contributed by atoms with E-state index >= 15 is 0 Å². The molecular weight excluding hydrogens is 198 g/mol. The average molecular weight is 216 g/mol. The summed E-state index contributed by atoms with van der Waals surface area (Å²) < 4.78 is 5.48. The number of nitrogens with one attached hydrogen (secondary N) is 1. The van der Waals surface area contributed by atoms with Gasteiger partial charge in [-0.25, -0.2) is 0 Å². The van der Waals surface area contributed by atoms with Crippen LogP contribution in [-0.2, 0) is 6.42 Å². The van der Waals surface area contributed by atoms with Crippen molar-refractivity contribution in [3.8, 4) is 5.75 Å². The molecule has 0 bridgehead atoms. The van der Waals surface area contributed by atoms with Crippen molar-refractivity contribution < 1.29 is 4.74 Å². The summed E-state index contributed by atoms with van der Waals surface area (Å²) >= 11 is 0. The fourth-order valence-electron chi connectivity index (χ4n) is 1.09. The van der Waals surface area contributed by atoms with Gasteiger partial charge in [-0.1, -0.05) is 19.1 Å². The second-order valence-electron chi connectivity index (χ2n) is 2.95. The summed E-state index contributed by atoms with van der Waals surface area (Å²) in [7, 11) is 1.92. The van der Waals surface area contributed by atoms with Crippen molar-refractivity contribution in [1.29, 1.82) is 0 Å². The summed E-state index contributed by atoms with van der Waals surface area (Å²) in [6, 6.07) is 8.26. The van der Waals surface area contributed by atoms with E-state index in [0.717, 1.165) is 25.3 Å². The molecule has 0 unspecified atom stereocenters. The van der Waals surface area contributed by atoms with Gasteiger partial charge in [0.05, 0.1) is 0 Å². The molecule has 0 aromatic heterocycles. The summed E-state index contributed by atoms with van der Waals surface area (Å²) in [5, 5.41) is 3.04. The third-order valence-corrected chi connectivity index (χ3v) is 1.95. The number of ether oxygens (including phenoxy) is 1. The molecule has 1 N–H and O–H groups in total. The van der Waals surface area contributed by atoms with Crippen LogP contribution in [0.3, 0.4) is 0 Å². The quantitative estimate of drug-likeness (QED) is 0.761. The van der Waals surface area contributed by atoms with Gasteiger partial charge in [0.2, 0.25) is 0 Å². The van der Waals surface area contributed by atoms with Crippen LogP contribution in [0.4, 0.5) is 0 Å². The molecule has 0 spiro atoms. The summed E-state index contributed by atoms with van der Waals surface area (Å²) in [4.78, 5) is 0. The molecule has 0 fully saturated rings. The molecule has 1 rings (SSSR count). The van der Waals surface area contributed by atoms with Crippen LogP contribution < -0.4 is 10.1 Å². The number of hydrogen-bond acceptors (Lipinski definition) is 2. The highest BCUT2D eigenvalue weighted by Crippen LogP contribution is 2.11. The van der Waals surface area contributed by atoms with Crippen molar-refractivity contribution in [2.24, 2.45) is 0 Å². The van der Waals surface area contributed by atoms with Gasteiger partial charge in [0.25, 0.3) is 0 Å². The normalized spacial score (nSPS) is 9.29. The molecular formula is C11H18ClNO. The number of rotatable bonds is 5. The molecule has 0 atom stereocenters. The van der Waals surface area contributed by atoms with Gasteiger partial charge in [-0.15, -0.1) is 12.4 Å². The van der Waals surface area contributed by atoms with Crippen molar-refractivity contribution in [3.63, 3.8) is 0 Å². The van der Waals surface area contributed by atoms with E-state index in [2.05, 4.69) is 24.4 Å². The lowest BCUT2D eigenvalue weighted by molar-refractivity contribution is 0.318. The summed E-state index contributed by atoms with van der Waals surface area (Å²) in [6.07, 6.45) is 1.08. The van der Waals surface area contributed by atoms with Crippen LogP contribution in [0.1, 0.15) is 12.5 Å². The van der Waals surface area contributed by atoms with E-state index < -0.39 is 0 Å². The molecule has 80 valence electrons. The molecule has 1 aromatic carbocycles. The smallest absolute Gasteiger partial charge is 0.119 e. The Morgan fingerprint density at radius 2 is 1.86 bits per heavy atom. The van der Waals surface area contributed by atoms with Crippen molar-refractivity contribution in [3.05, 3.63) is 29.8 Å². The Balaban J connectivity index is 0.00000169. The molecule has 3 heteroatoms. The number of benzene rings is 1. The van der Waals surface area contributed by atoms with Gasteiger partial charge >= 0.3 is 0 Å². The first-order valence-corrected chi connectivity index (χ1v) is 4.73. The lowest BCUT2D eigenvalue weighted by Gasteiger charge is -2.05. The zero-order valence-corrected chi connectivity index (χ0v) is 9.56. The monoisotopic (exact) mass is 215 g/mol. The van der Waals surface area contributed by atoms with Crippen LogP contribution >= 0.6 is 12.4 Å². The Kier molecular flexibility index (Phi) is 7.25. The molecule has 0 aliphatic heterocycles. The predicted octanol–water partition coefficient (Wildman–Crippen LogP) is 2.27. The van der Waals surface area contributed by atoms with Gasteiger partial charge in [-0.05, 0) is 31.2 Å². The zero-order chi connectivity index (χ0) is 9.52. The summed E-state index contributed by atoms with van der Waals surface area (Å²) in [5.41, 5.74) is 1.35. The molecule has 0 heterocycles. The number of likely N-dealkylation sites (N-methyl/N-ethyl adjacent to an activating group) is 1. The highest BCUT2D eigenvalue weighted by molar-refractivity contribution is 5.85. The minimum atomic E-state index is 0. The highest BCUT2D eigenvalue weighted by Gasteiger charge is 1.92. The maximum absolute atomic E-state index is 5.48. The second-order valence-corrected chi connectivity index (χ2v) is 2.95. The molecule has 0 aliphatic carbocycles. The Morgan fingerprint density at radius 3 is 2.36 bits per heavy atom. The highest BCUT2D eigenvalue weighted by atomic mass is 35.5. The van der Waals surface area contributed by atoms with Crippen LogP contribution in [0.2, 0.25) is 0 Å². The minimum Gasteiger partial charge on any atom is -0.492 e. The molecule has 0 saturated heterocycles.